The van der Waals surface area contributed by atoms with Gasteiger partial charge in [0.1, 0.15) is 0 Å². The zero-order valence-corrected chi connectivity index (χ0v) is 14.1. The summed E-state index contributed by atoms with van der Waals surface area (Å²) in [6.45, 7) is 4.15. The van der Waals surface area contributed by atoms with E-state index in [2.05, 4.69) is 42.1 Å². The molecule has 1 rings (SSSR count). The highest BCUT2D eigenvalue weighted by atomic mass is 32.2. The molecule has 0 fully saturated rings. The summed E-state index contributed by atoms with van der Waals surface area (Å²) in [5, 5.41) is 2.98. The quantitative estimate of drug-likeness (QED) is 0.587. The number of nitrogens with zero attached hydrogens (tertiary/aromatic N) is 1. The second-order valence-corrected chi connectivity index (χ2v) is 6.31. The summed E-state index contributed by atoms with van der Waals surface area (Å²) in [5.74, 6) is 1.09. The highest BCUT2D eigenvalue weighted by Crippen LogP contribution is 2.15. The number of nitrogens with one attached hydrogen (secondary N) is 1. The van der Waals surface area contributed by atoms with Crippen molar-refractivity contribution in [1.82, 2.24) is 10.2 Å². The summed E-state index contributed by atoms with van der Waals surface area (Å²) in [5.41, 5.74) is 1.17. The molecule has 20 heavy (non-hydrogen) atoms. The Morgan fingerprint density at radius 2 is 1.95 bits per heavy atom. The van der Waals surface area contributed by atoms with Gasteiger partial charge < -0.3 is 10.2 Å². The van der Waals surface area contributed by atoms with E-state index in [1.165, 1.54) is 10.5 Å². The van der Waals surface area contributed by atoms with Gasteiger partial charge in [0.2, 0.25) is 0 Å². The van der Waals surface area contributed by atoms with Crippen LogP contribution in [0.4, 0.5) is 4.79 Å². The molecular weight excluding hydrogens is 288 g/mol. The van der Waals surface area contributed by atoms with E-state index in [1.807, 2.05) is 11.8 Å². The number of benzene rings is 1. The van der Waals surface area contributed by atoms with Crippen molar-refractivity contribution in [3.63, 3.8) is 0 Å². The van der Waals surface area contributed by atoms with Crippen molar-refractivity contribution in [2.75, 3.05) is 31.4 Å². The first-order valence-corrected chi connectivity index (χ1v) is 9.47. The Balaban J connectivity index is 2.46. The van der Waals surface area contributed by atoms with E-state index < -0.39 is 0 Å². The standard InChI is InChI=1S/C15H24N2OS2/c1-4-17(15(18)16-10-5-11-19-2)12-13-6-8-14(20-3)9-7-13/h6-9H,4-5,10-12H2,1-3H3,(H,16,18). The molecule has 0 aliphatic carbocycles. The summed E-state index contributed by atoms with van der Waals surface area (Å²) in [7, 11) is 0. The van der Waals surface area contributed by atoms with Gasteiger partial charge >= 0.3 is 6.03 Å². The molecule has 0 aliphatic rings. The molecule has 0 heterocycles. The van der Waals surface area contributed by atoms with Crippen LogP contribution in [0.1, 0.15) is 18.9 Å². The normalized spacial score (nSPS) is 10.3. The molecular formula is C15H24N2OS2. The lowest BCUT2D eigenvalue weighted by atomic mass is 10.2. The van der Waals surface area contributed by atoms with Gasteiger partial charge in [-0.2, -0.15) is 11.8 Å². The first-order chi connectivity index (χ1) is 9.71. The summed E-state index contributed by atoms with van der Waals surface area (Å²) in [4.78, 5) is 15.2. The van der Waals surface area contributed by atoms with Crippen molar-refractivity contribution in [2.24, 2.45) is 0 Å². The van der Waals surface area contributed by atoms with Crippen LogP contribution in [-0.4, -0.2) is 42.3 Å². The molecule has 2 amide bonds. The third-order valence-corrected chi connectivity index (χ3v) is 4.44. The lowest BCUT2D eigenvalue weighted by molar-refractivity contribution is 0.198. The van der Waals surface area contributed by atoms with Crippen LogP contribution in [0.3, 0.4) is 0 Å². The lowest BCUT2D eigenvalue weighted by Crippen LogP contribution is -2.39. The van der Waals surface area contributed by atoms with Gasteiger partial charge in [-0.25, -0.2) is 4.79 Å². The molecule has 3 nitrogen and oxygen atoms in total. The smallest absolute Gasteiger partial charge is 0.317 e. The Morgan fingerprint density at radius 3 is 2.50 bits per heavy atom. The number of hydrogen-bond donors (Lipinski definition) is 1. The van der Waals surface area contributed by atoms with Crippen molar-refractivity contribution < 1.29 is 4.79 Å². The minimum Gasteiger partial charge on any atom is -0.338 e. The lowest BCUT2D eigenvalue weighted by Gasteiger charge is -2.21. The molecule has 0 atom stereocenters. The molecule has 0 aliphatic heterocycles. The molecule has 0 radical (unpaired) electrons. The summed E-state index contributed by atoms with van der Waals surface area (Å²) >= 11 is 3.54. The minimum absolute atomic E-state index is 0.0301. The van der Waals surface area contributed by atoms with E-state index in [0.29, 0.717) is 6.54 Å². The van der Waals surface area contributed by atoms with Crippen molar-refractivity contribution in [1.29, 1.82) is 0 Å². The van der Waals surface area contributed by atoms with Crippen LogP contribution in [0.25, 0.3) is 0 Å². The summed E-state index contributed by atoms with van der Waals surface area (Å²) in [6, 6.07) is 8.42. The van der Waals surface area contributed by atoms with Gasteiger partial charge in [0.05, 0.1) is 0 Å². The Morgan fingerprint density at radius 1 is 1.25 bits per heavy atom. The fourth-order valence-corrected chi connectivity index (χ4v) is 2.64. The van der Waals surface area contributed by atoms with E-state index in [1.54, 1.807) is 23.5 Å². The molecule has 5 heteroatoms. The maximum Gasteiger partial charge on any atom is 0.317 e. The van der Waals surface area contributed by atoms with Crippen molar-refractivity contribution in [3.05, 3.63) is 29.8 Å². The predicted octanol–water partition coefficient (Wildman–Crippen LogP) is 3.69. The first-order valence-electron chi connectivity index (χ1n) is 6.86. The van der Waals surface area contributed by atoms with Gasteiger partial charge in [-0.3, -0.25) is 0 Å². The highest BCUT2D eigenvalue weighted by Gasteiger charge is 2.11. The van der Waals surface area contributed by atoms with Gasteiger partial charge in [-0.1, -0.05) is 12.1 Å². The zero-order valence-electron chi connectivity index (χ0n) is 12.5. The molecule has 0 saturated heterocycles. The van der Waals surface area contributed by atoms with Crippen LogP contribution in [0.15, 0.2) is 29.2 Å². The van der Waals surface area contributed by atoms with E-state index in [0.717, 1.165) is 25.3 Å². The third kappa shape index (κ3) is 6.09. The van der Waals surface area contributed by atoms with Gasteiger partial charge in [-0.05, 0) is 49.3 Å². The molecule has 1 N–H and O–H groups in total. The van der Waals surface area contributed by atoms with E-state index in [9.17, 15) is 4.79 Å². The second kappa shape index (κ2) is 10.00. The molecule has 0 bridgehead atoms. The number of carbonyl (C=O) groups is 1. The minimum atomic E-state index is 0.0301. The average molecular weight is 313 g/mol. The van der Waals surface area contributed by atoms with E-state index >= 15 is 0 Å². The maximum atomic E-state index is 12.1. The molecule has 112 valence electrons. The second-order valence-electron chi connectivity index (χ2n) is 4.44. The average Bonchev–Trinajstić information content (AvgIpc) is 2.49. The van der Waals surface area contributed by atoms with E-state index in [4.69, 9.17) is 0 Å². The number of hydrogen-bond acceptors (Lipinski definition) is 3. The van der Waals surface area contributed by atoms with Crippen LogP contribution in [0.2, 0.25) is 0 Å². The number of thioether (sulfide) groups is 2. The monoisotopic (exact) mass is 312 g/mol. The van der Waals surface area contributed by atoms with Crippen LogP contribution < -0.4 is 5.32 Å². The van der Waals surface area contributed by atoms with Gasteiger partial charge in [-0.15, -0.1) is 11.8 Å². The summed E-state index contributed by atoms with van der Waals surface area (Å²) in [6.07, 6.45) is 5.17. The van der Waals surface area contributed by atoms with Crippen molar-refractivity contribution in [2.45, 2.75) is 24.8 Å². The van der Waals surface area contributed by atoms with Crippen molar-refractivity contribution in [3.8, 4) is 0 Å². The largest absolute Gasteiger partial charge is 0.338 e. The van der Waals surface area contributed by atoms with Crippen LogP contribution >= 0.6 is 23.5 Å². The zero-order chi connectivity index (χ0) is 14.8. The maximum absolute atomic E-state index is 12.1. The molecule has 0 spiro atoms. The number of rotatable bonds is 8. The molecule has 1 aromatic rings. The number of urea groups is 1. The van der Waals surface area contributed by atoms with Crippen molar-refractivity contribution >= 4 is 29.6 Å². The van der Waals surface area contributed by atoms with Gasteiger partial charge in [0.15, 0.2) is 0 Å². The third-order valence-electron chi connectivity index (χ3n) is 3.00. The van der Waals surface area contributed by atoms with Gasteiger partial charge in [0, 0.05) is 24.5 Å². The molecule has 0 saturated carbocycles. The number of amides is 2. The van der Waals surface area contributed by atoms with Crippen LogP contribution in [0, 0.1) is 0 Å². The Labute approximate surface area is 130 Å². The Hall–Kier alpha value is -0.810. The Kier molecular flexibility index (Phi) is 8.62. The summed E-state index contributed by atoms with van der Waals surface area (Å²) < 4.78 is 0. The van der Waals surface area contributed by atoms with Crippen LogP contribution in [-0.2, 0) is 6.54 Å². The number of carbonyl (C=O) groups excluding carboxylic acids is 1. The predicted molar refractivity (Wildman–Crippen MR) is 90.7 cm³/mol. The molecule has 0 unspecified atom stereocenters. The topological polar surface area (TPSA) is 32.3 Å². The van der Waals surface area contributed by atoms with Gasteiger partial charge in [0.25, 0.3) is 0 Å². The van der Waals surface area contributed by atoms with Crippen LogP contribution in [0.5, 0.6) is 0 Å². The SMILES string of the molecule is CCN(Cc1ccc(SC)cc1)C(=O)NCCCSC. The highest BCUT2D eigenvalue weighted by molar-refractivity contribution is 7.98. The molecule has 1 aromatic carbocycles. The fraction of sp³-hybridized carbons (Fsp3) is 0.533. The van der Waals surface area contributed by atoms with E-state index in [-0.39, 0.29) is 6.03 Å². The first kappa shape index (κ1) is 17.2. The Bertz CT molecular complexity index is 395. The fourth-order valence-electron chi connectivity index (χ4n) is 1.80. The molecule has 0 aromatic heterocycles.